The molecule has 0 atom stereocenters. The fourth-order valence-corrected chi connectivity index (χ4v) is 3.87. The van der Waals surface area contributed by atoms with Crippen LogP contribution in [0.3, 0.4) is 0 Å². The van der Waals surface area contributed by atoms with Gasteiger partial charge in [0.05, 0.1) is 36.9 Å². The maximum Gasteiger partial charge on any atom is 0.261 e. The highest BCUT2D eigenvalue weighted by molar-refractivity contribution is 7.20. The maximum atomic E-state index is 12.4. The molecule has 0 saturated carbocycles. The second-order valence-corrected chi connectivity index (χ2v) is 7.84. The molecular formula is C18H22ClN4OS+. The molecule has 7 heteroatoms. The van der Waals surface area contributed by atoms with E-state index in [1.807, 2.05) is 41.9 Å². The molecule has 0 radical (unpaired) electrons. The Hall–Kier alpha value is -1.89. The largest absolute Gasteiger partial charge is 0.351 e. The third-order valence-corrected chi connectivity index (χ3v) is 5.34. The Bertz CT molecular complexity index is 883. The molecule has 2 heterocycles. The van der Waals surface area contributed by atoms with Gasteiger partial charge in [-0.2, -0.15) is 5.10 Å². The summed E-state index contributed by atoms with van der Waals surface area (Å²) in [5.41, 5.74) is 1.85. The second-order valence-electron chi connectivity index (χ2n) is 6.37. The number of amides is 1. The second kappa shape index (κ2) is 7.56. The molecule has 0 aliphatic rings. The van der Waals surface area contributed by atoms with Crippen LogP contribution >= 0.6 is 22.9 Å². The highest BCUT2D eigenvalue weighted by Crippen LogP contribution is 2.30. The number of hydrogen-bond acceptors (Lipinski definition) is 3. The van der Waals surface area contributed by atoms with E-state index in [0.717, 1.165) is 39.4 Å². The molecule has 0 aliphatic heterocycles. The van der Waals surface area contributed by atoms with Crippen molar-refractivity contribution in [2.45, 2.75) is 13.3 Å². The van der Waals surface area contributed by atoms with Crippen LogP contribution in [0, 0.1) is 6.92 Å². The molecule has 2 N–H and O–H groups in total. The number of carbonyl (C=O) groups excluding carboxylic acids is 1. The molecule has 0 aliphatic carbocycles. The van der Waals surface area contributed by atoms with Crippen molar-refractivity contribution in [1.29, 1.82) is 0 Å². The first-order valence-corrected chi connectivity index (χ1v) is 9.47. The number of nitrogens with zero attached hydrogens (tertiary/aromatic N) is 2. The summed E-state index contributed by atoms with van der Waals surface area (Å²) >= 11 is 7.43. The topological polar surface area (TPSA) is 51.4 Å². The normalized spacial score (nSPS) is 11.4. The first kappa shape index (κ1) is 17.9. The van der Waals surface area contributed by atoms with Gasteiger partial charge in [0, 0.05) is 23.4 Å². The minimum Gasteiger partial charge on any atom is -0.351 e. The molecule has 132 valence electrons. The molecule has 0 unspecified atom stereocenters. The standard InChI is InChI=1S/C18H21ClN4OS/c1-12-15-11-16(17(24)20-9-4-10-22(2)3)25-18(15)23(21-12)14-7-5-13(19)6-8-14/h5-8,11H,4,9-10H2,1-3H3,(H,20,24)/p+1. The third-order valence-electron chi connectivity index (χ3n) is 3.98. The molecule has 25 heavy (non-hydrogen) atoms. The van der Waals surface area contributed by atoms with Crippen molar-refractivity contribution in [2.75, 3.05) is 27.2 Å². The molecule has 3 aromatic rings. The highest BCUT2D eigenvalue weighted by Gasteiger charge is 2.17. The molecule has 2 aromatic heterocycles. The molecule has 1 amide bonds. The van der Waals surface area contributed by atoms with Crippen molar-refractivity contribution in [3.8, 4) is 5.69 Å². The smallest absolute Gasteiger partial charge is 0.261 e. The zero-order chi connectivity index (χ0) is 18.0. The minimum atomic E-state index is -0.0167. The van der Waals surface area contributed by atoms with Gasteiger partial charge in [0.25, 0.3) is 5.91 Å². The number of halogens is 1. The predicted octanol–water partition coefficient (Wildman–Crippen LogP) is 2.31. The van der Waals surface area contributed by atoms with Gasteiger partial charge in [0.2, 0.25) is 0 Å². The zero-order valence-electron chi connectivity index (χ0n) is 14.6. The van der Waals surface area contributed by atoms with Crippen molar-refractivity contribution >= 4 is 39.1 Å². The molecule has 0 fully saturated rings. The monoisotopic (exact) mass is 377 g/mol. The maximum absolute atomic E-state index is 12.4. The van der Waals surface area contributed by atoms with Crippen LogP contribution in [-0.4, -0.2) is 42.9 Å². The number of fused-ring (bicyclic) bond motifs is 1. The highest BCUT2D eigenvalue weighted by atomic mass is 35.5. The van der Waals surface area contributed by atoms with E-state index in [9.17, 15) is 4.79 Å². The fourth-order valence-electron chi connectivity index (χ4n) is 2.65. The summed E-state index contributed by atoms with van der Waals surface area (Å²) in [6.07, 6.45) is 0.969. The quantitative estimate of drug-likeness (QED) is 0.648. The number of aryl methyl sites for hydroxylation is 1. The lowest BCUT2D eigenvalue weighted by atomic mass is 10.3. The van der Waals surface area contributed by atoms with Crippen molar-refractivity contribution in [1.82, 2.24) is 15.1 Å². The number of thiophene rings is 1. The van der Waals surface area contributed by atoms with Gasteiger partial charge in [0.15, 0.2) is 0 Å². The van der Waals surface area contributed by atoms with Crippen LogP contribution in [0.4, 0.5) is 0 Å². The Morgan fingerprint density at radius 3 is 2.72 bits per heavy atom. The van der Waals surface area contributed by atoms with E-state index in [1.165, 1.54) is 16.2 Å². The summed E-state index contributed by atoms with van der Waals surface area (Å²) in [6.45, 7) is 3.70. The van der Waals surface area contributed by atoms with E-state index in [4.69, 9.17) is 11.6 Å². The van der Waals surface area contributed by atoms with E-state index >= 15 is 0 Å². The van der Waals surface area contributed by atoms with Crippen molar-refractivity contribution in [3.05, 3.63) is 45.9 Å². The number of carbonyl (C=O) groups is 1. The van der Waals surface area contributed by atoms with Crippen LogP contribution < -0.4 is 10.2 Å². The lowest BCUT2D eigenvalue weighted by molar-refractivity contribution is -0.858. The van der Waals surface area contributed by atoms with Gasteiger partial charge in [-0.05, 0) is 37.3 Å². The first-order valence-electron chi connectivity index (χ1n) is 8.28. The van der Waals surface area contributed by atoms with Gasteiger partial charge in [0.1, 0.15) is 4.83 Å². The Labute approximate surface area is 156 Å². The van der Waals surface area contributed by atoms with E-state index in [-0.39, 0.29) is 5.91 Å². The average Bonchev–Trinajstić information content (AvgIpc) is 3.13. The number of benzene rings is 1. The fraction of sp³-hybridized carbons (Fsp3) is 0.333. The lowest BCUT2D eigenvalue weighted by Crippen LogP contribution is -3.05. The van der Waals surface area contributed by atoms with Crippen LogP contribution in [0.5, 0.6) is 0 Å². The Morgan fingerprint density at radius 2 is 2.04 bits per heavy atom. The minimum absolute atomic E-state index is 0.0167. The van der Waals surface area contributed by atoms with Crippen molar-refractivity contribution in [3.63, 3.8) is 0 Å². The van der Waals surface area contributed by atoms with Gasteiger partial charge in [-0.3, -0.25) is 4.79 Å². The molecule has 0 spiro atoms. The van der Waals surface area contributed by atoms with Crippen LogP contribution in [0.2, 0.25) is 5.02 Å². The number of nitrogens with one attached hydrogen (secondary N) is 2. The summed E-state index contributed by atoms with van der Waals surface area (Å²) < 4.78 is 1.87. The van der Waals surface area contributed by atoms with E-state index in [2.05, 4.69) is 24.5 Å². The van der Waals surface area contributed by atoms with E-state index < -0.39 is 0 Å². The van der Waals surface area contributed by atoms with Crippen LogP contribution in [0.25, 0.3) is 15.9 Å². The SMILES string of the molecule is Cc1nn(-c2ccc(Cl)cc2)c2sc(C(=O)NCCC[NH+](C)C)cc12. The Balaban J connectivity index is 1.81. The molecular weight excluding hydrogens is 356 g/mol. The van der Waals surface area contributed by atoms with E-state index in [0.29, 0.717) is 11.6 Å². The first-order chi connectivity index (χ1) is 12.0. The molecule has 3 rings (SSSR count). The van der Waals surface area contributed by atoms with E-state index in [1.54, 1.807) is 0 Å². The number of rotatable bonds is 6. The molecule has 1 aromatic carbocycles. The van der Waals surface area contributed by atoms with Crippen LogP contribution in [0.1, 0.15) is 21.8 Å². The van der Waals surface area contributed by atoms with Gasteiger partial charge in [-0.15, -0.1) is 11.3 Å². The molecule has 0 saturated heterocycles. The molecule has 5 nitrogen and oxygen atoms in total. The lowest BCUT2D eigenvalue weighted by Gasteiger charge is -2.07. The van der Waals surface area contributed by atoms with Gasteiger partial charge < -0.3 is 10.2 Å². The predicted molar refractivity (Wildman–Crippen MR) is 103 cm³/mol. The third kappa shape index (κ3) is 4.03. The summed E-state index contributed by atoms with van der Waals surface area (Å²) in [7, 11) is 4.22. The summed E-state index contributed by atoms with van der Waals surface area (Å²) in [6, 6.07) is 9.47. The van der Waals surface area contributed by atoms with Gasteiger partial charge >= 0.3 is 0 Å². The van der Waals surface area contributed by atoms with Crippen molar-refractivity contribution < 1.29 is 9.69 Å². The van der Waals surface area contributed by atoms with Crippen molar-refractivity contribution in [2.24, 2.45) is 0 Å². The van der Waals surface area contributed by atoms with Crippen LogP contribution in [0.15, 0.2) is 30.3 Å². The summed E-state index contributed by atoms with van der Waals surface area (Å²) in [4.78, 5) is 15.5. The number of aromatic nitrogens is 2. The van der Waals surface area contributed by atoms with Gasteiger partial charge in [-0.1, -0.05) is 11.6 Å². The van der Waals surface area contributed by atoms with Gasteiger partial charge in [-0.25, -0.2) is 4.68 Å². The Morgan fingerprint density at radius 1 is 1.32 bits per heavy atom. The van der Waals surface area contributed by atoms with Crippen LogP contribution in [-0.2, 0) is 0 Å². The zero-order valence-corrected chi connectivity index (χ0v) is 16.2. The molecule has 0 bridgehead atoms. The Kier molecular flexibility index (Phi) is 5.42. The number of quaternary nitrogens is 1. The number of hydrogen-bond donors (Lipinski definition) is 2. The summed E-state index contributed by atoms with van der Waals surface area (Å²) in [5, 5.41) is 9.30. The average molecular weight is 378 g/mol. The summed E-state index contributed by atoms with van der Waals surface area (Å²) in [5.74, 6) is -0.0167.